The van der Waals surface area contributed by atoms with Gasteiger partial charge in [0.2, 0.25) is 47.3 Å². The molecular formula is C64H113N11O18SSi. The van der Waals surface area contributed by atoms with Crippen LogP contribution in [-0.4, -0.2) is 196 Å². The van der Waals surface area contributed by atoms with Gasteiger partial charge in [-0.25, -0.2) is 22.7 Å². The highest BCUT2D eigenvalue weighted by atomic mass is 32.2. The first-order valence-electron chi connectivity index (χ1n) is 32.2. The van der Waals surface area contributed by atoms with Gasteiger partial charge >= 0.3 is 12.1 Å². The third-order valence-corrected chi connectivity index (χ3v) is 18.1. The van der Waals surface area contributed by atoms with E-state index in [4.69, 9.17) is 29.4 Å². The van der Waals surface area contributed by atoms with Crippen LogP contribution in [0.5, 0.6) is 5.75 Å². The Balaban J connectivity index is 2.59. The molecule has 9 atom stereocenters. The van der Waals surface area contributed by atoms with Gasteiger partial charge in [-0.15, -0.1) is 0 Å². The molecular weight excluding hydrogens is 1270 g/mol. The zero-order valence-corrected chi connectivity index (χ0v) is 62.1. The van der Waals surface area contributed by atoms with E-state index in [1.54, 1.807) is 111 Å². The number of benzene rings is 1. The van der Waals surface area contributed by atoms with E-state index in [9.17, 15) is 61.8 Å². The molecule has 1 aliphatic rings. The number of ether oxygens (including phenoxy) is 5. The van der Waals surface area contributed by atoms with E-state index >= 15 is 0 Å². The first-order valence-corrected chi connectivity index (χ1v) is 37.4. The van der Waals surface area contributed by atoms with E-state index in [0.717, 1.165) is 12.7 Å². The number of nitrogens with one attached hydrogen (secondary N) is 9. The van der Waals surface area contributed by atoms with Crippen molar-refractivity contribution < 1.29 is 85.5 Å². The molecule has 1 aromatic rings. The van der Waals surface area contributed by atoms with Crippen molar-refractivity contribution in [2.24, 2.45) is 22.6 Å². The fourth-order valence-electron chi connectivity index (χ4n) is 9.81. The maximum Gasteiger partial charge on any atom is 0.408 e. The summed E-state index contributed by atoms with van der Waals surface area (Å²) in [7, 11) is -5.60. The lowest BCUT2D eigenvalue weighted by Gasteiger charge is -2.35. The zero-order valence-electron chi connectivity index (χ0n) is 60.3. The normalized spacial score (nSPS) is 16.5. The number of sulfonamides is 1. The standard InChI is InChI=1S/C64H113N11O18SSi/c1-34(2)29-42(70-57(84)48(49(78)35(3)4)74-60(86)93-63(15,16)17)53(80)69-41(25-24-28-66-59(65)75-94(87,88)51-37(6)36(5)50-40(38(51)7)26-27-64(18,19)92-50)52(79)72-45(33-95(21,22)23)55(82)73-47(39(8)76)56(83)67-30-46(77)68-43(31-90-61(9,10)11)54(81)71-44(58(85)89-20)32-91-62(12,13)14/h34-35,39,41-45,47-49,76,78H,24-33H2,1-23H3,(H,67,83)(H,68,77)(H,69,80)(H,70,84)(H,71,81)(H,72,79)(H,73,82)(H,74,86)(H3,65,66,75)/t39-,41+,42-,43-,44-,45-,47-,48-,49+/m0/s1. The average Bonchev–Trinajstić information content (AvgIpc) is 0.747. The zero-order chi connectivity index (χ0) is 73.3. The van der Waals surface area contributed by atoms with E-state index in [0.29, 0.717) is 35.3 Å². The maximum atomic E-state index is 14.8. The second-order valence-corrected chi connectivity index (χ2v) is 37.0. The lowest BCUT2D eigenvalue weighted by atomic mass is 9.88. The van der Waals surface area contributed by atoms with Crippen LogP contribution < -0.4 is 57.7 Å². The smallest absolute Gasteiger partial charge is 0.408 e. The summed E-state index contributed by atoms with van der Waals surface area (Å²) < 4.78 is 58.6. The Bertz CT molecular complexity index is 3000. The van der Waals surface area contributed by atoms with Gasteiger partial charge in [-0.3, -0.25) is 38.6 Å². The minimum atomic E-state index is -4.33. The number of alkyl carbamates (subject to hydrolysis) is 1. The molecule has 0 aromatic heterocycles. The molecule has 0 bridgehead atoms. The number of nitrogens with zero attached hydrogens (tertiary/aromatic N) is 1. The number of fused-ring (bicyclic) bond motifs is 1. The van der Waals surface area contributed by atoms with Crippen LogP contribution in [0, 0.1) is 32.6 Å². The molecule has 13 N–H and O–H groups in total. The average molecular weight is 1380 g/mol. The molecule has 0 saturated carbocycles. The maximum absolute atomic E-state index is 14.8. The van der Waals surface area contributed by atoms with Gasteiger partial charge in [0.1, 0.15) is 53.2 Å². The van der Waals surface area contributed by atoms with Crippen LogP contribution in [0.1, 0.15) is 159 Å². The highest BCUT2D eigenvalue weighted by molar-refractivity contribution is 7.90. The Kier molecular flexibility index (Phi) is 31.6. The van der Waals surface area contributed by atoms with Gasteiger partial charge in [-0.05, 0) is 176 Å². The first-order chi connectivity index (χ1) is 43.3. The number of hydrogen-bond acceptors (Lipinski definition) is 19. The Labute approximate surface area is 563 Å². The largest absolute Gasteiger partial charge is 0.487 e. The van der Waals surface area contributed by atoms with Crippen LogP contribution >= 0.6 is 0 Å². The van der Waals surface area contributed by atoms with Crippen molar-refractivity contribution in [1.29, 1.82) is 0 Å². The second kappa shape index (κ2) is 35.5. The monoisotopic (exact) mass is 1380 g/mol. The second-order valence-electron chi connectivity index (χ2n) is 29.8. The summed E-state index contributed by atoms with van der Waals surface area (Å²) in [6.07, 6.45) is -3.15. The molecule has 1 heterocycles. The third kappa shape index (κ3) is 29.3. The predicted molar refractivity (Wildman–Crippen MR) is 361 cm³/mol. The van der Waals surface area contributed by atoms with Gasteiger partial charge in [0, 0.05) is 14.6 Å². The first kappa shape index (κ1) is 84.4. The van der Waals surface area contributed by atoms with Crippen molar-refractivity contribution in [2.75, 3.05) is 33.4 Å². The molecule has 2 rings (SSSR count). The lowest BCUT2D eigenvalue weighted by Crippen LogP contribution is -2.62. The number of nitrogens with two attached hydrogens (primary N) is 1. The highest BCUT2D eigenvalue weighted by Gasteiger charge is 2.40. The summed E-state index contributed by atoms with van der Waals surface area (Å²) >= 11 is 0. The van der Waals surface area contributed by atoms with Crippen LogP contribution in [0.15, 0.2) is 9.89 Å². The summed E-state index contributed by atoms with van der Waals surface area (Å²) in [6, 6.07) is -10.4. The topological polar surface area (TPSA) is 421 Å². The minimum Gasteiger partial charge on any atom is -0.487 e. The van der Waals surface area contributed by atoms with E-state index in [1.165, 1.54) is 6.92 Å². The fourth-order valence-corrected chi connectivity index (χ4v) is 12.8. The third-order valence-electron chi connectivity index (χ3n) is 14.8. The van der Waals surface area contributed by atoms with Gasteiger partial charge in [-0.1, -0.05) is 47.3 Å². The Morgan fingerprint density at radius 1 is 0.663 bits per heavy atom. The molecule has 0 fully saturated rings. The Morgan fingerprint density at radius 2 is 1.18 bits per heavy atom. The number of aliphatic hydroxyl groups excluding tert-OH is 2. The van der Waals surface area contributed by atoms with Crippen molar-refractivity contribution in [2.45, 2.75) is 271 Å². The molecule has 0 saturated heterocycles. The number of aliphatic hydroxyl groups is 2. The number of rotatable bonds is 33. The number of aliphatic imine (C=N–C) groups is 1. The van der Waals surface area contributed by atoms with Crippen LogP contribution in [0.2, 0.25) is 25.7 Å². The number of guanidine groups is 1. The highest BCUT2D eigenvalue weighted by Crippen LogP contribution is 2.42. The van der Waals surface area contributed by atoms with Gasteiger partial charge in [0.25, 0.3) is 10.0 Å². The SMILES string of the molecule is COC(=O)[C@H](COC(C)(C)C)NC(=O)[C@H](COC(C)(C)C)NC(=O)CNC(=O)[C@@H](NC(=O)[C@H](C[Si](C)(C)C)NC(=O)[C@@H](CCCN=C(N)NS(=O)(=O)c1c(C)c(C)c2c(c1C)CCC(C)(C)O2)NC(=O)[C@H](CC(C)C)NC(=O)[C@@H](NC(=O)OC(C)(C)C)[C@H](O)C(C)C)[C@H](C)O. The van der Waals surface area contributed by atoms with Gasteiger partial charge in [0.05, 0.1) is 55.2 Å². The lowest BCUT2D eigenvalue weighted by molar-refractivity contribution is -0.149. The summed E-state index contributed by atoms with van der Waals surface area (Å²) in [4.78, 5) is 129. The minimum absolute atomic E-state index is 0.0185. The summed E-state index contributed by atoms with van der Waals surface area (Å²) in [6.45, 7) is 36.3. The molecule has 1 aromatic carbocycles. The molecule has 29 nitrogen and oxygen atoms in total. The number of hydrogen-bond donors (Lipinski definition) is 12. The fraction of sp³-hybridized carbons (Fsp3) is 0.750. The number of carbonyl (C=O) groups is 9. The van der Waals surface area contributed by atoms with Gasteiger partial charge < -0.3 is 82.2 Å². The summed E-state index contributed by atoms with van der Waals surface area (Å²) in [5.41, 5.74) is 5.70. The quantitative estimate of drug-likeness (QED) is 0.0158. The number of amides is 8. The van der Waals surface area contributed by atoms with Gasteiger partial charge in [0.15, 0.2) is 6.04 Å². The number of carbonyl (C=O) groups excluding carboxylic acids is 9. The van der Waals surface area contributed by atoms with Crippen LogP contribution in [-0.2, 0) is 73.7 Å². The van der Waals surface area contributed by atoms with E-state index in [-0.39, 0.29) is 55.9 Å². The molecule has 31 heteroatoms. The number of methoxy groups -OCH3 is 1. The van der Waals surface area contributed by atoms with E-state index in [2.05, 4.69) is 52.2 Å². The molecule has 8 amide bonds. The summed E-state index contributed by atoms with van der Waals surface area (Å²) in [5, 5.41) is 42.5. The molecule has 0 aliphatic carbocycles. The predicted octanol–water partition coefficient (Wildman–Crippen LogP) is 2.59. The molecule has 542 valence electrons. The molecule has 1 aliphatic heterocycles. The van der Waals surface area contributed by atoms with Crippen molar-refractivity contribution in [3.8, 4) is 5.75 Å². The van der Waals surface area contributed by atoms with Gasteiger partial charge in [-0.2, -0.15) is 0 Å². The van der Waals surface area contributed by atoms with Crippen LogP contribution in [0.3, 0.4) is 0 Å². The molecule has 0 spiro atoms. The number of esters is 1. The van der Waals surface area contributed by atoms with Crippen molar-refractivity contribution in [3.63, 3.8) is 0 Å². The van der Waals surface area contributed by atoms with E-state index < -0.39 is 167 Å². The molecule has 0 radical (unpaired) electrons. The van der Waals surface area contributed by atoms with E-state index in [1.807, 2.05) is 33.5 Å². The van der Waals surface area contributed by atoms with Crippen molar-refractivity contribution in [1.82, 2.24) is 47.3 Å². The molecule has 95 heavy (non-hydrogen) atoms. The Hall–Kier alpha value is -6.67. The summed E-state index contributed by atoms with van der Waals surface area (Å²) in [5.74, 6) is -8.02. The molecule has 0 unspecified atom stereocenters. The Morgan fingerprint density at radius 3 is 1.69 bits per heavy atom. The van der Waals surface area contributed by atoms with Crippen molar-refractivity contribution >= 4 is 77.5 Å². The van der Waals surface area contributed by atoms with Crippen molar-refractivity contribution in [3.05, 3.63) is 22.3 Å². The van der Waals surface area contributed by atoms with Crippen LogP contribution in [0.25, 0.3) is 0 Å². The van der Waals surface area contributed by atoms with Crippen LogP contribution in [0.4, 0.5) is 4.79 Å².